The molecule has 2 aliphatic heterocycles. The van der Waals surface area contributed by atoms with Crippen LogP contribution in [0.15, 0.2) is 30.3 Å². The van der Waals surface area contributed by atoms with Crippen LogP contribution in [0, 0.1) is 5.92 Å². The number of rotatable bonds is 5. The third-order valence-electron chi connectivity index (χ3n) is 6.49. The number of hydrogen-bond donors (Lipinski definition) is 1. The fraction of sp³-hybridized carbons (Fsp3) is 0.652. The first-order chi connectivity index (χ1) is 13.9. The second kappa shape index (κ2) is 9.16. The van der Waals surface area contributed by atoms with Crippen molar-refractivity contribution in [1.29, 1.82) is 0 Å². The van der Waals surface area contributed by atoms with Crippen LogP contribution in [-0.4, -0.2) is 70.9 Å². The quantitative estimate of drug-likeness (QED) is 0.827. The second-order valence-electron chi connectivity index (χ2n) is 8.98. The smallest absolute Gasteiger partial charge is 0.317 e. The monoisotopic (exact) mass is 400 g/mol. The molecular weight excluding hydrogens is 364 g/mol. The standard InChI is InChI=1S/C23H36N4O2/c1-5-19(6-2)21(28)25-12-13-27-20(15-25)16-26(17-23(27,3)4)22(29)24-14-18-10-8-7-9-11-18/h7-11,19-20H,5-6,12-17H2,1-4H3,(H,24,29). The molecule has 0 aliphatic carbocycles. The summed E-state index contributed by atoms with van der Waals surface area (Å²) in [7, 11) is 0. The molecule has 0 spiro atoms. The molecular formula is C23H36N4O2. The van der Waals surface area contributed by atoms with Gasteiger partial charge in [-0.05, 0) is 32.3 Å². The van der Waals surface area contributed by atoms with Crippen LogP contribution < -0.4 is 5.32 Å². The van der Waals surface area contributed by atoms with Crippen LogP contribution >= 0.6 is 0 Å². The Bertz CT molecular complexity index is 702. The van der Waals surface area contributed by atoms with Crippen molar-refractivity contribution in [2.45, 2.75) is 58.7 Å². The molecule has 1 unspecified atom stereocenters. The van der Waals surface area contributed by atoms with Crippen molar-refractivity contribution < 1.29 is 9.59 Å². The Hall–Kier alpha value is -2.08. The molecule has 160 valence electrons. The van der Waals surface area contributed by atoms with Crippen molar-refractivity contribution in [2.24, 2.45) is 5.92 Å². The molecule has 1 N–H and O–H groups in total. The molecule has 0 radical (unpaired) electrons. The Balaban J connectivity index is 1.64. The summed E-state index contributed by atoms with van der Waals surface area (Å²) >= 11 is 0. The van der Waals surface area contributed by atoms with E-state index in [0.29, 0.717) is 26.2 Å². The van der Waals surface area contributed by atoms with Crippen molar-refractivity contribution >= 4 is 11.9 Å². The molecule has 2 aliphatic rings. The summed E-state index contributed by atoms with van der Waals surface area (Å²) in [6.45, 7) is 12.9. The summed E-state index contributed by atoms with van der Waals surface area (Å²) in [5, 5.41) is 3.06. The van der Waals surface area contributed by atoms with Gasteiger partial charge in [-0.25, -0.2) is 4.79 Å². The van der Waals surface area contributed by atoms with Gasteiger partial charge in [0.25, 0.3) is 0 Å². The van der Waals surface area contributed by atoms with Gasteiger partial charge in [0, 0.05) is 56.8 Å². The van der Waals surface area contributed by atoms with E-state index < -0.39 is 0 Å². The Morgan fingerprint density at radius 1 is 1.07 bits per heavy atom. The van der Waals surface area contributed by atoms with Crippen molar-refractivity contribution in [1.82, 2.24) is 20.0 Å². The van der Waals surface area contributed by atoms with E-state index in [1.807, 2.05) is 40.1 Å². The lowest BCUT2D eigenvalue weighted by Crippen LogP contribution is -2.71. The average Bonchev–Trinajstić information content (AvgIpc) is 2.72. The van der Waals surface area contributed by atoms with Crippen LogP contribution in [0.25, 0.3) is 0 Å². The Morgan fingerprint density at radius 2 is 1.72 bits per heavy atom. The van der Waals surface area contributed by atoms with Crippen LogP contribution in [0.5, 0.6) is 0 Å². The van der Waals surface area contributed by atoms with Crippen molar-refractivity contribution in [3.63, 3.8) is 0 Å². The van der Waals surface area contributed by atoms with Gasteiger partial charge in [-0.2, -0.15) is 0 Å². The normalized spacial score (nSPS) is 21.8. The first-order valence-corrected chi connectivity index (χ1v) is 11.0. The molecule has 6 nitrogen and oxygen atoms in total. The van der Waals surface area contributed by atoms with E-state index in [0.717, 1.165) is 31.5 Å². The molecule has 0 aromatic heterocycles. The number of carbonyl (C=O) groups is 2. The minimum Gasteiger partial charge on any atom is -0.340 e. The van der Waals surface area contributed by atoms with E-state index in [1.54, 1.807) is 0 Å². The molecule has 29 heavy (non-hydrogen) atoms. The number of nitrogens with one attached hydrogen (secondary N) is 1. The number of fused-ring (bicyclic) bond motifs is 1. The van der Waals surface area contributed by atoms with Gasteiger partial charge >= 0.3 is 6.03 Å². The van der Waals surface area contributed by atoms with E-state index in [1.165, 1.54) is 0 Å². The number of benzene rings is 1. The minimum absolute atomic E-state index is 0.0231. The maximum absolute atomic E-state index is 12.9. The highest BCUT2D eigenvalue weighted by Crippen LogP contribution is 2.29. The van der Waals surface area contributed by atoms with E-state index in [9.17, 15) is 9.59 Å². The maximum atomic E-state index is 12.9. The lowest BCUT2D eigenvalue weighted by molar-refractivity contribution is -0.142. The summed E-state index contributed by atoms with van der Waals surface area (Å²) in [4.78, 5) is 32.2. The van der Waals surface area contributed by atoms with Gasteiger partial charge in [-0.1, -0.05) is 44.2 Å². The second-order valence-corrected chi connectivity index (χ2v) is 8.98. The number of hydrogen-bond acceptors (Lipinski definition) is 3. The molecule has 0 saturated carbocycles. The highest BCUT2D eigenvalue weighted by Gasteiger charge is 2.44. The zero-order chi connectivity index (χ0) is 21.0. The fourth-order valence-corrected chi connectivity index (χ4v) is 4.82. The first kappa shape index (κ1) is 21.6. The number of amides is 3. The molecule has 1 aromatic carbocycles. The molecule has 2 fully saturated rings. The summed E-state index contributed by atoms with van der Waals surface area (Å²) in [6, 6.07) is 10.1. The summed E-state index contributed by atoms with van der Waals surface area (Å²) < 4.78 is 0. The van der Waals surface area contributed by atoms with Crippen LogP contribution in [0.1, 0.15) is 46.1 Å². The number of nitrogens with zero attached hydrogens (tertiary/aromatic N) is 3. The van der Waals surface area contributed by atoms with Gasteiger partial charge in [-0.3, -0.25) is 9.69 Å². The number of piperazine rings is 2. The van der Waals surface area contributed by atoms with Crippen LogP contribution in [0.3, 0.4) is 0 Å². The summed E-state index contributed by atoms with van der Waals surface area (Å²) in [5.74, 6) is 0.390. The largest absolute Gasteiger partial charge is 0.340 e. The predicted octanol–water partition coefficient (Wildman–Crippen LogP) is 2.94. The van der Waals surface area contributed by atoms with Gasteiger partial charge in [-0.15, -0.1) is 0 Å². The zero-order valence-corrected chi connectivity index (χ0v) is 18.4. The topological polar surface area (TPSA) is 55.9 Å². The molecule has 0 bridgehead atoms. The predicted molar refractivity (Wildman–Crippen MR) is 115 cm³/mol. The molecule has 3 amide bonds. The van der Waals surface area contributed by atoms with E-state index in [-0.39, 0.29) is 29.4 Å². The first-order valence-electron chi connectivity index (χ1n) is 11.0. The molecule has 3 rings (SSSR count). The number of urea groups is 1. The number of carbonyl (C=O) groups excluding carboxylic acids is 2. The Morgan fingerprint density at radius 3 is 2.38 bits per heavy atom. The van der Waals surface area contributed by atoms with Crippen LogP contribution in [0.2, 0.25) is 0 Å². The molecule has 1 atom stereocenters. The van der Waals surface area contributed by atoms with Gasteiger partial charge < -0.3 is 15.1 Å². The Kier molecular flexibility index (Phi) is 6.83. The van der Waals surface area contributed by atoms with Gasteiger partial charge in [0.05, 0.1) is 0 Å². The van der Waals surface area contributed by atoms with Crippen LogP contribution in [-0.2, 0) is 11.3 Å². The fourth-order valence-electron chi connectivity index (χ4n) is 4.82. The Labute approximate surface area is 175 Å². The molecule has 6 heteroatoms. The van der Waals surface area contributed by atoms with Crippen molar-refractivity contribution in [2.75, 3.05) is 32.7 Å². The lowest BCUT2D eigenvalue weighted by atomic mass is 9.92. The van der Waals surface area contributed by atoms with Crippen molar-refractivity contribution in [3.05, 3.63) is 35.9 Å². The van der Waals surface area contributed by atoms with Gasteiger partial charge in [0.2, 0.25) is 5.91 Å². The average molecular weight is 401 g/mol. The van der Waals surface area contributed by atoms with Gasteiger partial charge in [0.15, 0.2) is 0 Å². The maximum Gasteiger partial charge on any atom is 0.317 e. The molecule has 2 saturated heterocycles. The third-order valence-corrected chi connectivity index (χ3v) is 6.49. The lowest BCUT2D eigenvalue weighted by Gasteiger charge is -2.55. The SMILES string of the molecule is CCC(CC)C(=O)N1CCN2C(CN(C(=O)NCc3ccccc3)CC2(C)C)C1. The molecule has 1 aromatic rings. The van der Waals surface area contributed by atoms with Crippen molar-refractivity contribution in [3.8, 4) is 0 Å². The van der Waals surface area contributed by atoms with Gasteiger partial charge in [0.1, 0.15) is 0 Å². The summed E-state index contributed by atoms with van der Waals surface area (Å²) in [6.07, 6.45) is 1.78. The van der Waals surface area contributed by atoms with E-state index in [4.69, 9.17) is 0 Å². The van der Waals surface area contributed by atoms with E-state index >= 15 is 0 Å². The highest BCUT2D eigenvalue weighted by atomic mass is 16.2. The van der Waals surface area contributed by atoms with Crippen LogP contribution in [0.4, 0.5) is 4.79 Å². The summed E-state index contributed by atoms with van der Waals surface area (Å²) in [5.41, 5.74) is 0.996. The third kappa shape index (κ3) is 4.92. The molecule has 2 heterocycles. The highest BCUT2D eigenvalue weighted by molar-refractivity contribution is 5.79. The van der Waals surface area contributed by atoms with E-state index in [2.05, 4.69) is 37.9 Å². The minimum atomic E-state index is -0.100. The zero-order valence-electron chi connectivity index (χ0n) is 18.4.